The van der Waals surface area contributed by atoms with Gasteiger partial charge in [-0.25, -0.2) is 10.2 Å². The molecule has 29 heavy (non-hydrogen) atoms. The van der Waals surface area contributed by atoms with Crippen molar-refractivity contribution >= 4 is 53.0 Å². The molecule has 10 nitrogen and oxygen atoms in total. The number of hydrogen-bond acceptors (Lipinski definition) is 6. The van der Waals surface area contributed by atoms with Gasteiger partial charge < -0.3 is 10.4 Å². The van der Waals surface area contributed by atoms with Gasteiger partial charge in [-0.05, 0) is 35.9 Å². The highest BCUT2D eigenvalue weighted by Gasteiger charge is 2.16. The van der Waals surface area contributed by atoms with E-state index in [0.717, 1.165) is 6.21 Å². The van der Waals surface area contributed by atoms with E-state index < -0.39 is 22.7 Å². The average Bonchev–Trinajstić information content (AvgIpc) is 2.68. The Kier molecular flexibility index (Phi) is 7.15. The standard InChI is InChI=1S/C18H13ClN4O6/c19-12(9-11-5-7-13(8-6-11)23(28)29)10-20-22-17(25)16(24)21-15-4-2-1-3-14(15)18(26)27/h1-10H,(H,21,24)(H,22,25)(H,26,27)/b12-9+,20-10?. The van der Waals surface area contributed by atoms with Gasteiger partial charge in [0, 0.05) is 12.1 Å². The smallest absolute Gasteiger partial charge is 0.337 e. The Labute approximate surface area is 168 Å². The summed E-state index contributed by atoms with van der Waals surface area (Å²) >= 11 is 5.93. The molecule has 0 heterocycles. The SMILES string of the molecule is O=C(NN=C/C(Cl)=C\c1ccc([N+](=O)[O-])cc1)C(=O)Nc1ccccc1C(=O)O. The second-order valence-corrected chi connectivity index (χ2v) is 5.82. The van der Waals surface area contributed by atoms with Crippen LogP contribution in [0.4, 0.5) is 11.4 Å². The van der Waals surface area contributed by atoms with Gasteiger partial charge in [0.1, 0.15) is 0 Å². The van der Waals surface area contributed by atoms with Crippen molar-refractivity contribution < 1.29 is 24.4 Å². The Morgan fingerprint density at radius 2 is 1.72 bits per heavy atom. The van der Waals surface area contributed by atoms with Crippen molar-refractivity contribution in [1.82, 2.24) is 5.43 Å². The molecule has 0 spiro atoms. The Morgan fingerprint density at radius 1 is 1.07 bits per heavy atom. The summed E-state index contributed by atoms with van der Waals surface area (Å²) in [5.74, 6) is -3.52. The quantitative estimate of drug-likeness (QED) is 0.285. The lowest BCUT2D eigenvalue weighted by Gasteiger charge is -2.06. The second-order valence-electron chi connectivity index (χ2n) is 5.38. The van der Waals surface area contributed by atoms with Crippen molar-refractivity contribution in [2.45, 2.75) is 0 Å². The van der Waals surface area contributed by atoms with E-state index in [2.05, 4.69) is 10.4 Å². The third kappa shape index (κ3) is 6.26. The molecule has 0 saturated carbocycles. The molecule has 2 amide bonds. The van der Waals surface area contributed by atoms with Crippen molar-refractivity contribution in [3.8, 4) is 0 Å². The van der Waals surface area contributed by atoms with Crippen LogP contribution in [0.3, 0.4) is 0 Å². The van der Waals surface area contributed by atoms with Gasteiger partial charge in [-0.1, -0.05) is 23.7 Å². The highest BCUT2D eigenvalue weighted by molar-refractivity contribution is 6.42. The van der Waals surface area contributed by atoms with Gasteiger partial charge in [0.25, 0.3) is 5.69 Å². The third-order valence-corrected chi connectivity index (χ3v) is 3.58. The number of carboxylic acid groups (broad SMARTS) is 1. The zero-order valence-electron chi connectivity index (χ0n) is 14.5. The lowest BCUT2D eigenvalue weighted by molar-refractivity contribution is -0.384. The number of hydrogen-bond donors (Lipinski definition) is 3. The molecular formula is C18H13ClN4O6. The summed E-state index contributed by atoms with van der Waals surface area (Å²) in [6.45, 7) is 0. The molecule has 0 aliphatic heterocycles. The van der Waals surface area contributed by atoms with Crippen molar-refractivity contribution in [2.24, 2.45) is 5.10 Å². The van der Waals surface area contributed by atoms with E-state index in [9.17, 15) is 24.5 Å². The van der Waals surface area contributed by atoms with Gasteiger partial charge in [0.15, 0.2) is 0 Å². The first-order valence-corrected chi connectivity index (χ1v) is 8.24. The number of benzene rings is 2. The number of carbonyl (C=O) groups excluding carboxylic acids is 2. The van der Waals surface area contributed by atoms with Crippen LogP contribution in [0, 0.1) is 10.1 Å². The van der Waals surface area contributed by atoms with E-state index in [4.69, 9.17) is 16.7 Å². The van der Waals surface area contributed by atoms with Crippen LogP contribution < -0.4 is 10.7 Å². The van der Waals surface area contributed by atoms with Crippen LogP contribution in [-0.2, 0) is 9.59 Å². The summed E-state index contributed by atoms with van der Waals surface area (Å²) in [6.07, 6.45) is 2.49. The minimum absolute atomic E-state index is 0.0415. The zero-order valence-corrected chi connectivity index (χ0v) is 15.3. The van der Waals surface area contributed by atoms with Crippen LogP contribution in [0.15, 0.2) is 58.7 Å². The predicted molar refractivity (Wildman–Crippen MR) is 106 cm³/mol. The number of allylic oxidation sites excluding steroid dienone is 1. The molecule has 3 N–H and O–H groups in total. The normalized spacial score (nSPS) is 11.1. The number of nitro groups is 1. The number of aromatic carboxylic acids is 1. The summed E-state index contributed by atoms with van der Waals surface area (Å²) < 4.78 is 0. The molecule has 2 rings (SSSR count). The Morgan fingerprint density at radius 3 is 2.34 bits per heavy atom. The van der Waals surface area contributed by atoms with Crippen molar-refractivity contribution in [3.63, 3.8) is 0 Å². The number of nitrogens with zero attached hydrogens (tertiary/aromatic N) is 2. The number of nitro benzene ring substituents is 1. The summed E-state index contributed by atoms with van der Waals surface area (Å²) in [7, 11) is 0. The number of anilines is 1. The number of hydrazone groups is 1. The maximum Gasteiger partial charge on any atom is 0.337 e. The number of carbonyl (C=O) groups is 3. The maximum absolute atomic E-state index is 11.8. The fourth-order valence-electron chi connectivity index (χ4n) is 2.05. The molecule has 2 aromatic rings. The molecule has 0 bridgehead atoms. The number of halogens is 1. The molecule has 0 aliphatic rings. The van der Waals surface area contributed by atoms with Crippen LogP contribution >= 0.6 is 11.6 Å². The largest absolute Gasteiger partial charge is 0.478 e. The Hall–Kier alpha value is -4.05. The van der Waals surface area contributed by atoms with Crippen molar-refractivity contribution in [2.75, 3.05) is 5.32 Å². The first kappa shape index (κ1) is 21.3. The summed E-state index contributed by atoms with van der Waals surface area (Å²) in [5.41, 5.74) is 2.21. The monoisotopic (exact) mass is 416 g/mol. The molecule has 0 saturated heterocycles. The topological polar surface area (TPSA) is 151 Å². The highest BCUT2D eigenvalue weighted by Crippen LogP contribution is 2.15. The Bertz CT molecular complexity index is 1020. The summed E-state index contributed by atoms with van der Waals surface area (Å²) in [6, 6.07) is 11.1. The first-order chi connectivity index (χ1) is 13.8. The molecule has 0 aliphatic carbocycles. The van der Waals surface area contributed by atoms with Gasteiger partial charge in [-0.3, -0.25) is 19.7 Å². The van der Waals surface area contributed by atoms with Crippen LogP contribution in [-0.4, -0.2) is 34.0 Å². The maximum atomic E-state index is 11.8. The van der Waals surface area contributed by atoms with E-state index in [1.165, 1.54) is 54.6 Å². The lowest BCUT2D eigenvalue weighted by atomic mass is 10.2. The van der Waals surface area contributed by atoms with Gasteiger partial charge in [0.2, 0.25) is 0 Å². The molecule has 0 atom stereocenters. The fraction of sp³-hybridized carbons (Fsp3) is 0. The minimum atomic E-state index is -1.26. The van der Waals surface area contributed by atoms with E-state index in [1.807, 2.05) is 5.43 Å². The number of amides is 2. The van der Waals surface area contributed by atoms with Gasteiger partial charge in [-0.2, -0.15) is 5.10 Å². The molecule has 0 unspecified atom stereocenters. The first-order valence-electron chi connectivity index (χ1n) is 7.86. The van der Waals surface area contributed by atoms with Crippen LogP contribution in [0.25, 0.3) is 6.08 Å². The van der Waals surface area contributed by atoms with E-state index in [0.29, 0.717) is 5.56 Å². The number of rotatable bonds is 6. The number of carboxylic acids is 1. The third-order valence-electron chi connectivity index (χ3n) is 3.37. The van der Waals surface area contributed by atoms with E-state index >= 15 is 0 Å². The van der Waals surface area contributed by atoms with Gasteiger partial charge in [-0.15, -0.1) is 0 Å². The molecule has 0 fully saturated rings. The van der Waals surface area contributed by atoms with Crippen LogP contribution in [0.2, 0.25) is 0 Å². The molecule has 0 aromatic heterocycles. The van der Waals surface area contributed by atoms with E-state index in [1.54, 1.807) is 0 Å². The van der Waals surface area contributed by atoms with Crippen LogP contribution in [0.1, 0.15) is 15.9 Å². The number of para-hydroxylation sites is 1. The molecule has 0 radical (unpaired) electrons. The summed E-state index contributed by atoms with van der Waals surface area (Å²) in [5, 5.41) is 25.4. The lowest BCUT2D eigenvalue weighted by Crippen LogP contribution is -2.32. The number of non-ortho nitro benzene ring substituents is 1. The van der Waals surface area contributed by atoms with Crippen LogP contribution in [0.5, 0.6) is 0 Å². The molecule has 148 valence electrons. The van der Waals surface area contributed by atoms with Gasteiger partial charge >= 0.3 is 17.8 Å². The zero-order chi connectivity index (χ0) is 21.4. The molecule has 2 aromatic carbocycles. The minimum Gasteiger partial charge on any atom is -0.478 e. The molecular weight excluding hydrogens is 404 g/mol. The van der Waals surface area contributed by atoms with E-state index in [-0.39, 0.29) is 22.0 Å². The Balaban J connectivity index is 1.95. The predicted octanol–water partition coefficient (Wildman–Crippen LogP) is 2.61. The highest BCUT2D eigenvalue weighted by atomic mass is 35.5. The van der Waals surface area contributed by atoms with Gasteiger partial charge in [0.05, 0.1) is 27.4 Å². The van der Waals surface area contributed by atoms with Crippen molar-refractivity contribution in [1.29, 1.82) is 0 Å². The average molecular weight is 417 g/mol. The number of nitrogens with one attached hydrogen (secondary N) is 2. The summed E-state index contributed by atoms with van der Waals surface area (Å²) in [4.78, 5) is 44.8. The second kappa shape index (κ2) is 9.76. The van der Waals surface area contributed by atoms with Crippen molar-refractivity contribution in [3.05, 3.63) is 74.8 Å². The molecule has 11 heteroatoms. The fourth-order valence-corrected chi connectivity index (χ4v) is 2.22.